The molecule has 0 fully saturated rings. The molecular formula is C58H62O16. The van der Waals surface area contributed by atoms with E-state index in [2.05, 4.69) is 71.4 Å². The average molecular weight is 1020 g/mol. The lowest BCUT2D eigenvalue weighted by Crippen LogP contribution is -2.37. The summed E-state index contributed by atoms with van der Waals surface area (Å²) in [6.45, 7) is 18.6. The first-order chi connectivity index (χ1) is 35.4. The van der Waals surface area contributed by atoms with Crippen molar-refractivity contribution >= 4 is 35.8 Å². The zero-order valence-electron chi connectivity index (χ0n) is 41.7. The Balaban J connectivity index is 1.36. The summed E-state index contributed by atoms with van der Waals surface area (Å²) in [4.78, 5) is 72.1. The van der Waals surface area contributed by atoms with Crippen LogP contribution in [0.5, 0.6) is 17.2 Å². The van der Waals surface area contributed by atoms with Crippen LogP contribution in [-0.4, -0.2) is 104 Å². The van der Waals surface area contributed by atoms with E-state index in [-0.39, 0.29) is 52.5 Å². The monoisotopic (exact) mass is 1010 g/mol. The van der Waals surface area contributed by atoms with Crippen molar-refractivity contribution in [1.82, 2.24) is 0 Å². The number of carbonyl (C=O) groups excluding carboxylic acids is 5. The molecule has 6 atom stereocenters. The SMILES string of the molecule is C=CC(=O)OCC(O)COc1ccc(C(C)(c2ccc(OCC(COC(=O)C=C)OC(=O)C=C)cc2)c2ccc(C(C)(C)c3ccc(OCC(COC(=O)C=C)OC(=O)C4CC=CCC4C(=O)O)cc3)cc2)cc1. The highest BCUT2D eigenvalue weighted by Crippen LogP contribution is 2.42. The standard InChI is InChI=1S/C58H62O16/c1-8-51(60)70-33-43(59)32-67-44-28-22-41(23-29-44)58(7,42-24-30-46(31-25-42)68-34-47(73-54(63)11-4)36-71-52(61)9-2)40-18-16-38(17-19-40)57(5,6)39-20-26-45(27-21-39)69-35-48(37-72-53(62)10-3)74-56(66)50-15-13-12-14-49(50)55(64)65/h8-13,16-31,43,47-50,59H,1-4,14-15,32-37H2,5-7H3,(H,64,65). The predicted octanol–water partition coefficient (Wildman–Crippen LogP) is 7.73. The van der Waals surface area contributed by atoms with Crippen LogP contribution in [-0.2, 0) is 63.3 Å². The number of carboxylic acid groups (broad SMARTS) is 1. The van der Waals surface area contributed by atoms with E-state index in [9.17, 15) is 39.0 Å². The highest BCUT2D eigenvalue weighted by atomic mass is 16.6. The van der Waals surface area contributed by atoms with Crippen LogP contribution >= 0.6 is 0 Å². The number of aliphatic carboxylic acids is 1. The largest absolute Gasteiger partial charge is 0.491 e. The second-order valence-electron chi connectivity index (χ2n) is 17.8. The average Bonchev–Trinajstić information content (AvgIpc) is 3.42. The molecule has 0 spiro atoms. The number of rotatable bonds is 28. The Morgan fingerprint density at radius 1 is 0.500 bits per heavy atom. The second kappa shape index (κ2) is 27.0. The van der Waals surface area contributed by atoms with Gasteiger partial charge in [0, 0.05) is 35.1 Å². The van der Waals surface area contributed by atoms with Crippen LogP contribution in [0.25, 0.3) is 0 Å². The zero-order valence-corrected chi connectivity index (χ0v) is 41.7. The van der Waals surface area contributed by atoms with Crippen molar-refractivity contribution in [2.45, 2.75) is 62.8 Å². The Bertz CT molecular complexity index is 2630. The van der Waals surface area contributed by atoms with Gasteiger partial charge >= 0.3 is 35.8 Å². The number of aliphatic hydroxyl groups is 1. The van der Waals surface area contributed by atoms with Crippen molar-refractivity contribution in [3.63, 3.8) is 0 Å². The molecule has 6 unspecified atom stereocenters. The number of carbonyl (C=O) groups is 6. The first kappa shape index (κ1) is 56.7. The molecule has 2 N–H and O–H groups in total. The van der Waals surface area contributed by atoms with Crippen LogP contribution in [0, 0.1) is 11.8 Å². The topological polar surface area (TPSA) is 217 Å². The third kappa shape index (κ3) is 15.6. The minimum Gasteiger partial charge on any atom is -0.491 e. The van der Waals surface area contributed by atoms with Gasteiger partial charge in [0.05, 0.1) is 11.8 Å². The summed E-state index contributed by atoms with van der Waals surface area (Å²) in [5.41, 5.74) is 3.42. The van der Waals surface area contributed by atoms with E-state index >= 15 is 0 Å². The van der Waals surface area contributed by atoms with Gasteiger partial charge in [-0.05, 0) is 84.0 Å². The molecule has 0 aliphatic heterocycles. The van der Waals surface area contributed by atoms with Crippen molar-refractivity contribution < 1.29 is 76.9 Å². The molecule has 1 aliphatic rings. The smallest absolute Gasteiger partial charge is 0.330 e. The zero-order chi connectivity index (χ0) is 53.8. The number of allylic oxidation sites excluding steroid dienone is 2. The van der Waals surface area contributed by atoms with Crippen LogP contribution in [0.4, 0.5) is 0 Å². The molecule has 1 aliphatic carbocycles. The van der Waals surface area contributed by atoms with E-state index in [0.717, 1.165) is 52.1 Å². The number of ether oxygens (including phenoxy) is 8. The molecule has 0 bridgehead atoms. The van der Waals surface area contributed by atoms with Gasteiger partial charge in [-0.2, -0.15) is 0 Å². The number of hydrogen-bond donors (Lipinski definition) is 2. The summed E-state index contributed by atoms with van der Waals surface area (Å²) in [5.74, 6) is -5.02. The highest BCUT2D eigenvalue weighted by molar-refractivity contribution is 5.83. The maximum absolute atomic E-state index is 13.2. The summed E-state index contributed by atoms with van der Waals surface area (Å²) in [7, 11) is 0. The summed E-state index contributed by atoms with van der Waals surface area (Å²) in [6, 6.07) is 30.6. The van der Waals surface area contributed by atoms with Gasteiger partial charge < -0.3 is 48.1 Å². The van der Waals surface area contributed by atoms with Gasteiger partial charge in [0.25, 0.3) is 0 Å². The lowest BCUT2D eigenvalue weighted by molar-refractivity contribution is -0.167. The Kier molecular flexibility index (Phi) is 20.7. The molecule has 16 heteroatoms. The number of aliphatic hydroxyl groups excluding tert-OH is 1. The van der Waals surface area contributed by atoms with Crippen LogP contribution in [0.1, 0.15) is 61.4 Å². The molecule has 0 saturated heterocycles. The minimum absolute atomic E-state index is 0.121. The molecule has 74 heavy (non-hydrogen) atoms. The predicted molar refractivity (Wildman–Crippen MR) is 272 cm³/mol. The normalized spacial score (nSPS) is 16.0. The van der Waals surface area contributed by atoms with Crippen molar-refractivity contribution in [2.75, 3.05) is 39.6 Å². The van der Waals surface area contributed by atoms with Crippen molar-refractivity contribution in [3.05, 3.63) is 188 Å². The van der Waals surface area contributed by atoms with E-state index in [4.69, 9.17) is 37.9 Å². The van der Waals surface area contributed by atoms with Crippen LogP contribution < -0.4 is 14.2 Å². The minimum atomic E-state index is -1.10. The number of carboxylic acids is 1. The highest BCUT2D eigenvalue weighted by Gasteiger charge is 2.37. The molecule has 0 saturated carbocycles. The van der Waals surface area contributed by atoms with Gasteiger partial charge in [-0.1, -0.05) is 113 Å². The quantitative estimate of drug-likeness (QED) is 0.0183. The lowest BCUT2D eigenvalue weighted by Gasteiger charge is -2.33. The Labute approximate surface area is 430 Å². The molecular weight excluding hydrogens is 953 g/mol. The fourth-order valence-electron chi connectivity index (χ4n) is 7.99. The number of esters is 5. The molecule has 0 aromatic heterocycles. The van der Waals surface area contributed by atoms with Crippen molar-refractivity contribution in [1.29, 1.82) is 0 Å². The molecule has 16 nitrogen and oxygen atoms in total. The molecule has 390 valence electrons. The maximum atomic E-state index is 13.2. The molecule has 5 rings (SSSR count). The Morgan fingerprint density at radius 3 is 1.27 bits per heavy atom. The van der Waals surface area contributed by atoms with E-state index in [1.54, 1.807) is 48.6 Å². The van der Waals surface area contributed by atoms with E-state index in [1.807, 2.05) is 36.4 Å². The van der Waals surface area contributed by atoms with E-state index in [1.165, 1.54) is 0 Å². The maximum Gasteiger partial charge on any atom is 0.330 e. The van der Waals surface area contributed by atoms with Gasteiger partial charge in [-0.15, -0.1) is 0 Å². The van der Waals surface area contributed by atoms with E-state index < -0.39 is 76.8 Å². The summed E-state index contributed by atoms with van der Waals surface area (Å²) >= 11 is 0. The lowest BCUT2D eigenvalue weighted by atomic mass is 9.70. The molecule has 4 aromatic carbocycles. The summed E-state index contributed by atoms with van der Waals surface area (Å²) < 4.78 is 44.0. The third-order valence-electron chi connectivity index (χ3n) is 12.5. The van der Waals surface area contributed by atoms with E-state index in [0.29, 0.717) is 17.2 Å². The van der Waals surface area contributed by atoms with Crippen molar-refractivity contribution in [3.8, 4) is 17.2 Å². The van der Waals surface area contributed by atoms with Gasteiger partial charge in [0.15, 0.2) is 12.2 Å². The first-order valence-electron chi connectivity index (χ1n) is 23.7. The molecule has 4 aromatic rings. The second-order valence-corrected chi connectivity index (χ2v) is 17.8. The summed E-state index contributed by atoms with van der Waals surface area (Å²) in [5, 5.41) is 20.0. The summed E-state index contributed by atoms with van der Waals surface area (Å²) in [6.07, 6.45) is 4.85. The fourth-order valence-corrected chi connectivity index (χ4v) is 7.99. The van der Waals surface area contributed by atoms with Gasteiger partial charge in [0.1, 0.15) is 63.0 Å². The Morgan fingerprint density at radius 2 is 0.851 bits per heavy atom. The number of benzene rings is 4. The van der Waals surface area contributed by atoms with Crippen LogP contribution in [0.2, 0.25) is 0 Å². The molecule has 0 amide bonds. The van der Waals surface area contributed by atoms with Crippen LogP contribution in [0.15, 0.2) is 160 Å². The fraction of sp³-hybridized carbons (Fsp3) is 0.310. The van der Waals surface area contributed by atoms with Crippen molar-refractivity contribution in [2.24, 2.45) is 11.8 Å². The van der Waals surface area contributed by atoms with Gasteiger partial charge in [-0.3, -0.25) is 9.59 Å². The number of hydrogen-bond acceptors (Lipinski definition) is 15. The van der Waals surface area contributed by atoms with Gasteiger partial charge in [-0.25, -0.2) is 19.2 Å². The van der Waals surface area contributed by atoms with Gasteiger partial charge in [0.2, 0.25) is 0 Å². The molecule has 0 radical (unpaired) electrons. The first-order valence-corrected chi connectivity index (χ1v) is 23.7. The Hall–Kier alpha value is -8.24. The third-order valence-corrected chi connectivity index (χ3v) is 12.5. The van der Waals surface area contributed by atoms with Crippen LogP contribution in [0.3, 0.4) is 0 Å². The molecule has 0 heterocycles.